The maximum atomic E-state index is 14.9. The monoisotopic (exact) mass is 446 g/mol. The van der Waals surface area contributed by atoms with Crippen molar-refractivity contribution in [2.45, 2.75) is 117 Å². The van der Waals surface area contributed by atoms with Crippen molar-refractivity contribution in [1.82, 2.24) is 0 Å². The minimum atomic E-state index is -0.601. The molecular weight excluding hydrogens is 403 g/mol. The quantitative estimate of drug-likeness (QED) is 0.215. The first kappa shape index (κ1) is 26.4. The molecule has 1 heterocycles. The minimum Gasteiger partial charge on any atom is -0.490 e. The van der Waals surface area contributed by atoms with Gasteiger partial charge in [-0.05, 0) is 30.4 Å². The Balaban J connectivity index is 1.79. The van der Waals surface area contributed by atoms with E-state index in [0.29, 0.717) is 17.8 Å². The normalized spacial score (nSPS) is 11.3. The van der Waals surface area contributed by atoms with Crippen LogP contribution >= 0.6 is 0 Å². The first-order valence-corrected chi connectivity index (χ1v) is 13.0. The third kappa shape index (κ3) is 9.34. The van der Waals surface area contributed by atoms with Crippen LogP contribution in [0.1, 0.15) is 116 Å². The molecule has 0 radical (unpaired) electrons. The Labute approximate surface area is 193 Å². The van der Waals surface area contributed by atoms with Crippen molar-refractivity contribution in [1.29, 1.82) is 0 Å². The second-order valence-electron chi connectivity index (χ2n) is 9.04. The molecule has 0 aliphatic rings. The number of aryl methyl sites for hydroxylation is 1. The highest BCUT2D eigenvalue weighted by molar-refractivity contribution is 5.83. The topological polar surface area (TPSA) is 39.4 Å². The van der Waals surface area contributed by atoms with Crippen LogP contribution in [0.25, 0.3) is 10.8 Å². The summed E-state index contributed by atoms with van der Waals surface area (Å²) in [5, 5.41) is 0.595. The largest absolute Gasteiger partial charge is 0.490 e. The van der Waals surface area contributed by atoms with Gasteiger partial charge in [0.15, 0.2) is 11.6 Å². The molecule has 0 amide bonds. The molecule has 0 atom stereocenters. The van der Waals surface area contributed by atoms with Crippen LogP contribution < -0.4 is 10.4 Å². The molecule has 0 bridgehead atoms. The molecule has 0 unspecified atom stereocenters. The number of benzene rings is 1. The van der Waals surface area contributed by atoms with Crippen LogP contribution in [0.4, 0.5) is 4.39 Å². The number of ether oxygens (including phenoxy) is 1. The molecule has 2 aromatic rings. The van der Waals surface area contributed by atoms with Crippen molar-refractivity contribution in [2.75, 3.05) is 6.61 Å². The Morgan fingerprint density at radius 1 is 0.781 bits per heavy atom. The summed E-state index contributed by atoms with van der Waals surface area (Å²) in [7, 11) is 0. The highest BCUT2D eigenvalue weighted by atomic mass is 19.1. The zero-order valence-corrected chi connectivity index (χ0v) is 20.4. The predicted octanol–water partition coefficient (Wildman–Crippen LogP) is 8.74. The smallest absolute Gasteiger partial charge is 0.346 e. The molecule has 0 spiro atoms. The number of rotatable bonds is 18. The molecule has 4 heteroatoms. The van der Waals surface area contributed by atoms with Gasteiger partial charge >= 0.3 is 5.63 Å². The number of unbranched alkanes of at least 4 members (excludes halogenated alkanes) is 13. The van der Waals surface area contributed by atoms with Gasteiger partial charge in [-0.25, -0.2) is 9.18 Å². The van der Waals surface area contributed by atoms with Gasteiger partial charge in [0.2, 0.25) is 0 Å². The fourth-order valence-corrected chi connectivity index (χ4v) is 4.18. The molecule has 32 heavy (non-hydrogen) atoms. The van der Waals surface area contributed by atoms with Gasteiger partial charge in [-0.2, -0.15) is 0 Å². The lowest BCUT2D eigenvalue weighted by Crippen LogP contribution is -2.07. The average molecular weight is 447 g/mol. The first-order valence-electron chi connectivity index (χ1n) is 13.0. The van der Waals surface area contributed by atoms with Crippen LogP contribution in [-0.4, -0.2) is 6.61 Å². The van der Waals surface area contributed by atoms with E-state index < -0.39 is 11.4 Å². The van der Waals surface area contributed by atoms with Crippen LogP contribution in [0.3, 0.4) is 0 Å². The Morgan fingerprint density at radius 3 is 1.97 bits per heavy atom. The Hall–Kier alpha value is -1.84. The molecule has 0 N–H and O–H groups in total. The maximum absolute atomic E-state index is 14.9. The molecule has 180 valence electrons. The van der Waals surface area contributed by atoms with E-state index in [-0.39, 0.29) is 11.1 Å². The zero-order valence-electron chi connectivity index (χ0n) is 20.4. The highest BCUT2D eigenvalue weighted by Crippen LogP contribution is 2.25. The van der Waals surface area contributed by atoms with Gasteiger partial charge in [0.25, 0.3) is 0 Å². The van der Waals surface area contributed by atoms with Crippen molar-refractivity contribution >= 4 is 10.8 Å². The lowest BCUT2D eigenvalue weighted by molar-refractivity contribution is 0.291. The summed E-state index contributed by atoms with van der Waals surface area (Å²) in [6, 6.07) is 5.21. The van der Waals surface area contributed by atoms with Gasteiger partial charge in [0.1, 0.15) is 11.1 Å². The predicted molar refractivity (Wildman–Crippen MR) is 132 cm³/mol. The summed E-state index contributed by atoms with van der Waals surface area (Å²) >= 11 is 0. The van der Waals surface area contributed by atoms with Gasteiger partial charge in [0.05, 0.1) is 6.61 Å². The molecule has 1 aromatic heterocycles. The SMILES string of the molecule is CCCCCCCCCCCc1cc2ccc(OCCCCCCCC)c(F)c2c(=O)o1. The average Bonchev–Trinajstić information content (AvgIpc) is 2.78. The molecule has 0 fully saturated rings. The Kier molecular flexibility index (Phi) is 13.1. The van der Waals surface area contributed by atoms with Crippen molar-refractivity contribution in [3.05, 3.63) is 40.2 Å². The molecule has 0 saturated heterocycles. The first-order chi connectivity index (χ1) is 15.7. The zero-order chi connectivity index (χ0) is 23.0. The number of fused-ring (bicyclic) bond motifs is 1. The van der Waals surface area contributed by atoms with E-state index in [1.165, 1.54) is 70.6 Å². The van der Waals surface area contributed by atoms with E-state index in [1.807, 2.05) is 6.07 Å². The van der Waals surface area contributed by atoms with E-state index in [2.05, 4.69) is 13.8 Å². The highest BCUT2D eigenvalue weighted by Gasteiger charge is 2.14. The van der Waals surface area contributed by atoms with Gasteiger partial charge < -0.3 is 9.15 Å². The Morgan fingerprint density at radius 2 is 1.34 bits per heavy atom. The number of hydrogen-bond donors (Lipinski definition) is 0. The molecule has 0 saturated carbocycles. The van der Waals surface area contributed by atoms with E-state index >= 15 is 0 Å². The fourth-order valence-electron chi connectivity index (χ4n) is 4.18. The summed E-state index contributed by atoms with van der Waals surface area (Å²) in [5.74, 6) is 0.187. The molecular formula is C28H43FO3. The van der Waals surface area contributed by atoms with Crippen LogP contribution in [0, 0.1) is 5.82 Å². The van der Waals surface area contributed by atoms with E-state index in [9.17, 15) is 9.18 Å². The van der Waals surface area contributed by atoms with E-state index in [0.717, 1.165) is 32.1 Å². The molecule has 0 aliphatic carbocycles. The van der Waals surface area contributed by atoms with Crippen molar-refractivity contribution in [3.8, 4) is 5.75 Å². The lowest BCUT2D eigenvalue weighted by Gasteiger charge is -2.09. The summed E-state index contributed by atoms with van der Waals surface area (Å²) in [6.07, 6.45) is 18.9. The van der Waals surface area contributed by atoms with Crippen LogP contribution in [0.2, 0.25) is 0 Å². The molecule has 2 rings (SSSR count). The van der Waals surface area contributed by atoms with Crippen LogP contribution in [-0.2, 0) is 6.42 Å². The second kappa shape index (κ2) is 15.9. The summed E-state index contributed by atoms with van der Waals surface area (Å²) < 4.78 is 25.9. The summed E-state index contributed by atoms with van der Waals surface area (Å²) in [6.45, 7) is 4.91. The van der Waals surface area contributed by atoms with Crippen LogP contribution in [0.15, 0.2) is 27.4 Å². The van der Waals surface area contributed by atoms with Crippen molar-refractivity contribution in [3.63, 3.8) is 0 Å². The fraction of sp³-hybridized carbons (Fsp3) is 0.679. The molecule has 1 aromatic carbocycles. The maximum Gasteiger partial charge on any atom is 0.346 e. The van der Waals surface area contributed by atoms with Crippen LogP contribution in [0.5, 0.6) is 5.75 Å². The number of halogens is 1. The summed E-state index contributed by atoms with van der Waals surface area (Å²) in [4.78, 5) is 12.4. The van der Waals surface area contributed by atoms with Crippen molar-refractivity contribution < 1.29 is 13.5 Å². The van der Waals surface area contributed by atoms with E-state index in [4.69, 9.17) is 9.15 Å². The number of hydrogen-bond acceptors (Lipinski definition) is 3. The van der Waals surface area contributed by atoms with E-state index in [1.54, 1.807) is 12.1 Å². The molecule has 0 aliphatic heterocycles. The summed E-state index contributed by atoms with van der Waals surface area (Å²) in [5.41, 5.74) is -0.601. The van der Waals surface area contributed by atoms with Gasteiger partial charge in [0, 0.05) is 6.42 Å². The second-order valence-corrected chi connectivity index (χ2v) is 9.04. The van der Waals surface area contributed by atoms with Crippen molar-refractivity contribution in [2.24, 2.45) is 0 Å². The standard InChI is InChI=1S/C28H43FO3/c1-3-5-7-9-11-12-13-14-16-18-24-22-23-19-20-25(27(29)26(23)28(30)32-24)31-21-17-15-10-8-6-4-2/h19-20,22H,3-18,21H2,1-2H3. The molecule has 3 nitrogen and oxygen atoms in total. The minimum absolute atomic E-state index is 0.00118. The van der Waals surface area contributed by atoms with Gasteiger partial charge in [-0.3, -0.25) is 0 Å². The third-order valence-corrected chi connectivity index (χ3v) is 6.17. The third-order valence-electron chi connectivity index (χ3n) is 6.17. The Bertz CT molecular complexity index is 827. The van der Waals surface area contributed by atoms with Gasteiger partial charge in [-0.15, -0.1) is 0 Å². The van der Waals surface area contributed by atoms with Gasteiger partial charge in [-0.1, -0.05) is 103 Å². The lowest BCUT2D eigenvalue weighted by atomic mass is 10.1.